The summed E-state index contributed by atoms with van der Waals surface area (Å²) in [6, 6.07) is 0.0904. The van der Waals surface area contributed by atoms with Crippen LogP contribution in [0.15, 0.2) is 0 Å². The van der Waals surface area contributed by atoms with Gasteiger partial charge in [-0.2, -0.15) is 0 Å². The maximum Gasteiger partial charge on any atom is 0.236 e. The average molecular weight is 202 g/mol. The molecular weight excluding hydrogens is 180 g/mol. The van der Waals surface area contributed by atoms with Crippen molar-refractivity contribution in [3.05, 3.63) is 0 Å². The molecule has 0 radical (unpaired) electrons. The van der Waals surface area contributed by atoms with Crippen LogP contribution in [-0.2, 0) is 9.53 Å². The summed E-state index contributed by atoms with van der Waals surface area (Å²) < 4.78 is 5.04. The van der Waals surface area contributed by atoms with Crippen LogP contribution in [0.3, 0.4) is 0 Å². The highest BCUT2D eigenvalue weighted by atomic mass is 16.5. The van der Waals surface area contributed by atoms with Gasteiger partial charge >= 0.3 is 0 Å². The standard InChI is InChI=1S/C10H22N2O2/c1-5-9(7-14-4)12-8(3)10(13)11-6-2/h8-9,12H,5-7H2,1-4H3,(H,11,13). The van der Waals surface area contributed by atoms with Gasteiger partial charge in [0.1, 0.15) is 0 Å². The van der Waals surface area contributed by atoms with E-state index in [2.05, 4.69) is 17.6 Å². The molecule has 0 saturated carbocycles. The monoisotopic (exact) mass is 202 g/mol. The molecule has 4 heteroatoms. The summed E-state index contributed by atoms with van der Waals surface area (Å²) >= 11 is 0. The first kappa shape index (κ1) is 13.4. The van der Waals surface area contributed by atoms with E-state index in [1.807, 2.05) is 13.8 Å². The third-order valence-electron chi connectivity index (χ3n) is 2.09. The highest BCUT2D eigenvalue weighted by Gasteiger charge is 2.15. The van der Waals surface area contributed by atoms with Gasteiger partial charge < -0.3 is 15.4 Å². The fraction of sp³-hybridized carbons (Fsp3) is 0.900. The fourth-order valence-electron chi connectivity index (χ4n) is 1.24. The Balaban J connectivity index is 3.88. The quantitative estimate of drug-likeness (QED) is 0.633. The largest absolute Gasteiger partial charge is 0.383 e. The first-order chi connectivity index (χ1) is 6.65. The van der Waals surface area contributed by atoms with Crippen molar-refractivity contribution in [2.24, 2.45) is 0 Å². The zero-order valence-electron chi connectivity index (χ0n) is 9.59. The minimum atomic E-state index is -0.157. The van der Waals surface area contributed by atoms with Crippen molar-refractivity contribution in [3.8, 4) is 0 Å². The first-order valence-corrected chi connectivity index (χ1v) is 5.18. The molecule has 1 amide bonds. The zero-order valence-corrected chi connectivity index (χ0v) is 9.59. The van der Waals surface area contributed by atoms with E-state index in [1.165, 1.54) is 0 Å². The van der Waals surface area contributed by atoms with Crippen molar-refractivity contribution < 1.29 is 9.53 Å². The van der Waals surface area contributed by atoms with E-state index in [9.17, 15) is 4.79 Å². The van der Waals surface area contributed by atoms with Crippen LogP contribution in [0.5, 0.6) is 0 Å². The zero-order chi connectivity index (χ0) is 11.0. The highest BCUT2D eigenvalue weighted by Crippen LogP contribution is 1.94. The number of hydrogen-bond donors (Lipinski definition) is 2. The Hall–Kier alpha value is -0.610. The summed E-state index contributed by atoms with van der Waals surface area (Å²) in [7, 11) is 1.67. The molecular formula is C10H22N2O2. The van der Waals surface area contributed by atoms with Gasteiger partial charge in [-0.3, -0.25) is 4.79 Å². The van der Waals surface area contributed by atoms with Gasteiger partial charge in [-0.25, -0.2) is 0 Å². The van der Waals surface area contributed by atoms with Crippen LogP contribution in [-0.4, -0.2) is 38.3 Å². The molecule has 0 aromatic carbocycles. The van der Waals surface area contributed by atoms with Gasteiger partial charge in [-0.05, 0) is 20.3 Å². The van der Waals surface area contributed by atoms with Crippen molar-refractivity contribution >= 4 is 5.91 Å². The Kier molecular flexibility index (Phi) is 7.42. The molecule has 0 aromatic rings. The summed E-state index contributed by atoms with van der Waals surface area (Å²) in [6.45, 7) is 7.16. The second kappa shape index (κ2) is 7.76. The van der Waals surface area contributed by atoms with E-state index in [0.29, 0.717) is 13.2 Å². The van der Waals surface area contributed by atoms with Crippen LogP contribution < -0.4 is 10.6 Å². The fourth-order valence-corrected chi connectivity index (χ4v) is 1.24. The normalized spacial score (nSPS) is 14.9. The van der Waals surface area contributed by atoms with Crippen molar-refractivity contribution in [2.45, 2.75) is 39.3 Å². The van der Waals surface area contributed by atoms with E-state index < -0.39 is 0 Å². The van der Waals surface area contributed by atoms with E-state index in [0.717, 1.165) is 6.42 Å². The topological polar surface area (TPSA) is 50.4 Å². The number of carbonyl (C=O) groups is 1. The molecule has 0 spiro atoms. The molecule has 0 aromatic heterocycles. The summed E-state index contributed by atoms with van der Waals surface area (Å²) in [5, 5.41) is 5.99. The van der Waals surface area contributed by atoms with Crippen LogP contribution in [0.2, 0.25) is 0 Å². The molecule has 14 heavy (non-hydrogen) atoms. The van der Waals surface area contributed by atoms with Gasteiger partial charge in [-0.1, -0.05) is 6.92 Å². The van der Waals surface area contributed by atoms with Crippen molar-refractivity contribution in [3.63, 3.8) is 0 Å². The summed E-state index contributed by atoms with van der Waals surface area (Å²) in [4.78, 5) is 11.4. The van der Waals surface area contributed by atoms with Crippen LogP contribution in [0.4, 0.5) is 0 Å². The highest BCUT2D eigenvalue weighted by molar-refractivity contribution is 5.81. The van der Waals surface area contributed by atoms with E-state index in [1.54, 1.807) is 7.11 Å². The van der Waals surface area contributed by atoms with Gasteiger partial charge in [-0.15, -0.1) is 0 Å². The molecule has 0 fully saturated rings. The molecule has 2 atom stereocenters. The lowest BCUT2D eigenvalue weighted by molar-refractivity contribution is -0.122. The maximum atomic E-state index is 11.4. The minimum Gasteiger partial charge on any atom is -0.383 e. The lowest BCUT2D eigenvalue weighted by Gasteiger charge is -2.20. The molecule has 0 aliphatic rings. The second-order valence-corrected chi connectivity index (χ2v) is 3.34. The van der Waals surface area contributed by atoms with Gasteiger partial charge in [0.05, 0.1) is 12.6 Å². The summed E-state index contributed by atoms with van der Waals surface area (Å²) in [6.07, 6.45) is 0.956. The number of likely N-dealkylation sites (N-methyl/N-ethyl adjacent to an activating group) is 1. The summed E-state index contributed by atoms with van der Waals surface area (Å²) in [5.74, 6) is 0.0436. The predicted octanol–water partition coefficient (Wildman–Crippen LogP) is 0.526. The lowest BCUT2D eigenvalue weighted by Crippen LogP contribution is -2.47. The van der Waals surface area contributed by atoms with Crippen molar-refractivity contribution in [1.29, 1.82) is 0 Å². The Morgan fingerprint density at radius 2 is 2.07 bits per heavy atom. The van der Waals surface area contributed by atoms with Gasteiger partial charge in [0.2, 0.25) is 5.91 Å². The van der Waals surface area contributed by atoms with Crippen molar-refractivity contribution in [2.75, 3.05) is 20.3 Å². The smallest absolute Gasteiger partial charge is 0.236 e. The third-order valence-corrected chi connectivity index (χ3v) is 2.09. The molecule has 0 aliphatic carbocycles. The molecule has 84 valence electrons. The Morgan fingerprint density at radius 3 is 2.50 bits per heavy atom. The second-order valence-electron chi connectivity index (χ2n) is 3.34. The molecule has 0 saturated heterocycles. The van der Waals surface area contributed by atoms with Crippen LogP contribution in [0, 0.1) is 0 Å². The van der Waals surface area contributed by atoms with Crippen LogP contribution >= 0.6 is 0 Å². The van der Waals surface area contributed by atoms with E-state index >= 15 is 0 Å². The Bertz CT molecular complexity index is 162. The first-order valence-electron chi connectivity index (χ1n) is 5.18. The van der Waals surface area contributed by atoms with Gasteiger partial charge in [0.25, 0.3) is 0 Å². The summed E-state index contributed by atoms with van der Waals surface area (Å²) in [5.41, 5.74) is 0. The molecule has 2 unspecified atom stereocenters. The number of ether oxygens (including phenoxy) is 1. The number of carbonyl (C=O) groups excluding carboxylic acids is 1. The number of amides is 1. The molecule has 0 bridgehead atoms. The number of rotatable bonds is 7. The molecule has 0 aliphatic heterocycles. The van der Waals surface area contributed by atoms with Crippen LogP contribution in [0.25, 0.3) is 0 Å². The minimum absolute atomic E-state index is 0.0436. The SMILES string of the molecule is CCNC(=O)C(C)NC(CC)COC. The number of hydrogen-bond acceptors (Lipinski definition) is 3. The van der Waals surface area contributed by atoms with E-state index in [-0.39, 0.29) is 18.0 Å². The maximum absolute atomic E-state index is 11.4. The van der Waals surface area contributed by atoms with E-state index in [4.69, 9.17) is 4.74 Å². The average Bonchev–Trinajstić information content (AvgIpc) is 2.17. The number of nitrogens with one attached hydrogen (secondary N) is 2. The van der Waals surface area contributed by atoms with Gasteiger partial charge in [0, 0.05) is 19.7 Å². The lowest BCUT2D eigenvalue weighted by atomic mass is 10.2. The molecule has 4 nitrogen and oxygen atoms in total. The third kappa shape index (κ3) is 5.19. The molecule has 0 heterocycles. The Morgan fingerprint density at radius 1 is 1.43 bits per heavy atom. The molecule has 2 N–H and O–H groups in total. The van der Waals surface area contributed by atoms with Crippen LogP contribution in [0.1, 0.15) is 27.2 Å². The molecule has 0 rings (SSSR count). The number of methoxy groups -OCH3 is 1. The van der Waals surface area contributed by atoms with Crippen molar-refractivity contribution in [1.82, 2.24) is 10.6 Å². The van der Waals surface area contributed by atoms with Gasteiger partial charge in [0.15, 0.2) is 0 Å². The predicted molar refractivity (Wildman–Crippen MR) is 57.2 cm³/mol. The Labute approximate surface area is 86.4 Å².